The van der Waals surface area contributed by atoms with E-state index in [1.807, 2.05) is 6.92 Å². The van der Waals surface area contributed by atoms with Gasteiger partial charge < -0.3 is 15.0 Å². The highest BCUT2D eigenvalue weighted by Crippen LogP contribution is 2.60. The average Bonchev–Trinajstić information content (AvgIpc) is 2.54. The molecule has 0 aromatic rings. The Hall–Kier alpha value is -1.26. The highest BCUT2D eigenvalue weighted by Gasteiger charge is 2.54. The number of piperidine rings is 1. The second kappa shape index (κ2) is 6.23. The molecule has 1 aliphatic heterocycles. The molecule has 4 bridgehead atoms. The predicted molar refractivity (Wildman–Crippen MR) is 90.4 cm³/mol. The lowest BCUT2D eigenvalue weighted by atomic mass is 9.49. The molecule has 1 heterocycles. The second-order valence-corrected chi connectivity index (χ2v) is 8.63. The van der Waals surface area contributed by atoms with Gasteiger partial charge in [-0.15, -0.1) is 0 Å². The standard InChI is InChI=1S/C19H30N2O3/c1-2-24-18(23)21-5-3-16(4-6-21)20-17(22)19-10-13-7-14(11-19)9-15(8-13)12-19/h13-16H,2-12H2,1H3,(H,20,22). The molecule has 24 heavy (non-hydrogen) atoms. The van der Waals surface area contributed by atoms with Crippen LogP contribution in [-0.2, 0) is 9.53 Å². The number of rotatable bonds is 3. The number of hydrogen-bond acceptors (Lipinski definition) is 3. The summed E-state index contributed by atoms with van der Waals surface area (Å²) in [7, 11) is 0. The number of ether oxygens (including phenoxy) is 1. The summed E-state index contributed by atoms with van der Waals surface area (Å²) in [4.78, 5) is 26.6. The lowest BCUT2D eigenvalue weighted by molar-refractivity contribution is -0.147. The zero-order chi connectivity index (χ0) is 16.7. The van der Waals surface area contributed by atoms with Gasteiger partial charge in [0, 0.05) is 24.5 Å². The number of nitrogens with zero attached hydrogens (tertiary/aromatic N) is 1. The molecule has 5 aliphatic rings. The van der Waals surface area contributed by atoms with Crippen molar-refractivity contribution in [2.45, 2.75) is 64.3 Å². The number of carbonyl (C=O) groups excluding carboxylic acids is 2. The first-order valence-corrected chi connectivity index (χ1v) is 9.80. The van der Waals surface area contributed by atoms with E-state index in [4.69, 9.17) is 4.74 Å². The molecule has 0 aromatic carbocycles. The Morgan fingerprint density at radius 2 is 1.58 bits per heavy atom. The van der Waals surface area contributed by atoms with E-state index in [1.54, 1.807) is 4.90 Å². The van der Waals surface area contributed by atoms with E-state index in [-0.39, 0.29) is 17.6 Å². The van der Waals surface area contributed by atoms with Gasteiger partial charge >= 0.3 is 6.09 Å². The van der Waals surface area contributed by atoms with Gasteiger partial charge in [0.1, 0.15) is 0 Å². The summed E-state index contributed by atoms with van der Waals surface area (Å²) in [6, 6.07) is 0.219. The maximum absolute atomic E-state index is 13.1. The van der Waals surface area contributed by atoms with Crippen molar-refractivity contribution in [2.24, 2.45) is 23.2 Å². The van der Waals surface area contributed by atoms with Crippen LogP contribution in [0.15, 0.2) is 0 Å². The van der Waals surface area contributed by atoms with Crippen molar-refractivity contribution >= 4 is 12.0 Å². The van der Waals surface area contributed by atoms with Crippen molar-refractivity contribution in [3.8, 4) is 0 Å². The summed E-state index contributed by atoms with van der Waals surface area (Å²) >= 11 is 0. The quantitative estimate of drug-likeness (QED) is 0.863. The molecule has 0 spiro atoms. The van der Waals surface area contributed by atoms with Crippen molar-refractivity contribution in [3.05, 3.63) is 0 Å². The smallest absolute Gasteiger partial charge is 0.409 e. The van der Waals surface area contributed by atoms with Crippen LogP contribution in [-0.4, -0.2) is 42.6 Å². The number of amides is 2. The molecule has 0 atom stereocenters. The molecule has 0 unspecified atom stereocenters. The minimum absolute atomic E-state index is 0.0625. The van der Waals surface area contributed by atoms with Gasteiger partial charge in [0.15, 0.2) is 0 Å². The number of carbonyl (C=O) groups is 2. The monoisotopic (exact) mass is 334 g/mol. The van der Waals surface area contributed by atoms with E-state index in [0.29, 0.717) is 25.6 Å². The Morgan fingerprint density at radius 1 is 1.04 bits per heavy atom. The molecule has 4 aliphatic carbocycles. The second-order valence-electron chi connectivity index (χ2n) is 8.63. The molecule has 2 amide bonds. The van der Waals surface area contributed by atoms with Gasteiger partial charge in [-0.05, 0) is 76.0 Å². The van der Waals surface area contributed by atoms with Gasteiger partial charge in [-0.1, -0.05) is 0 Å². The summed E-state index contributed by atoms with van der Waals surface area (Å²) in [5.74, 6) is 2.71. The van der Waals surface area contributed by atoms with Crippen molar-refractivity contribution in [1.29, 1.82) is 0 Å². The predicted octanol–water partition coefficient (Wildman–Crippen LogP) is 2.94. The Balaban J connectivity index is 1.32. The van der Waals surface area contributed by atoms with E-state index in [9.17, 15) is 9.59 Å². The van der Waals surface area contributed by atoms with E-state index in [0.717, 1.165) is 49.9 Å². The first-order chi connectivity index (χ1) is 11.6. The minimum Gasteiger partial charge on any atom is -0.450 e. The van der Waals surface area contributed by atoms with Crippen molar-refractivity contribution in [1.82, 2.24) is 10.2 Å². The molecule has 4 saturated carbocycles. The van der Waals surface area contributed by atoms with Crippen LogP contribution >= 0.6 is 0 Å². The molecule has 0 aromatic heterocycles. The maximum atomic E-state index is 13.1. The molecule has 1 N–H and O–H groups in total. The Labute approximate surface area is 144 Å². The third-order valence-electron chi connectivity index (χ3n) is 6.88. The number of likely N-dealkylation sites (tertiary alicyclic amines) is 1. The van der Waals surface area contributed by atoms with E-state index >= 15 is 0 Å². The maximum Gasteiger partial charge on any atom is 0.409 e. The molecular weight excluding hydrogens is 304 g/mol. The van der Waals surface area contributed by atoms with E-state index < -0.39 is 0 Å². The van der Waals surface area contributed by atoms with Gasteiger partial charge in [0.05, 0.1) is 6.61 Å². The van der Waals surface area contributed by atoms with Gasteiger partial charge in [0.25, 0.3) is 0 Å². The number of nitrogens with one attached hydrogen (secondary N) is 1. The SMILES string of the molecule is CCOC(=O)N1CCC(NC(=O)C23CC4CC(CC(C4)C2)C3)CC1. The topological polar surface area (TPSA) is 58.6 Å². The normalized spacial score (nSPS) is 38.2. The molecular formula is C19H30N2O3. The van der Waals surface area contributed by atoms with Gasteiger partial charge in [-0.3, -0.25) is 4.79 Å². The van der Waals surface area contributed by atoms with Crippen molar-refractivity contribution < 1.29 is 14.3 Å². The van der Waals surface area contributed by atoms with Gasteiger partial charge in [-0.2, -0.15) is 0 Å². The third-order valence-corrected chi connectivity index (χ3v) is 6.88. The summed E-state index contributed by atoms with van der Waals surface area (Å²) < 4.78 is 5.06. The van der Waals surface area contributed by atoms with Gasteiger partial charge in [0.2, 0.25) is 5.91 Å². The molecule has 1 saturated heterocycles. The Kier molecular flexibility index (Phi) is 4.21. The fraction of sp³-hybridized carbons (Fsp3) is 0.895. The number of hydrogen-bond donors (Lipinski definition) is 1. The fourth-order valence-corrected chi connectivity index (χ4v) is 6.15. The molecule has 5 fully saturated rings. The Morgan fingerprint density at radius 3 is 2.08 bits per heavy atom. The molecule has 5 nitrogen and oxygen atoms in total. The average molecular weight is 334 g/mol. The zero-order valence-corrected chi connectivity index (χ0v) is 14.8. The molecule has 5 heteroatoms. The van der Waals surface area contributed by atoms with Crippen LogP contribution in [0, 0.1) is 23.2 Å². The van der Waals surface area contributed by atoms with Crippen LogP contribution in [0.1, 0.15) is 58.3 Å². The van der Waals surface area contributed by atoms with Crippen LogP contribution < -0.4 is 5.32 Å². The Bertz CT molecular complexity index is 475. The van der Waals surface area contributed by atoms with Gasteiger partial charge in [-0.25, -0.2) is 4.79 Å². The van der Waals surface area contributed by atoms with E-state index in [2.05, 4.69) is 5.32 Å². The lowest BCUT2D eigenvalue weighted by Gasteiger charge is -2.56. The first kappa shape index (κ1) is 16.2. The van der Waals surface area contributed by atoms with Crippen LogP contribution in [0.2, 0.25) is 0 Å². The fourth-order valence-electron chi connectivity index (χ4n) is 6.15. The highest BCUT2D eigenvalue weighted by molar-refractivity contribution is 5.83. The van der Waals surface area contributed by atoms with Crippen LogP contribution in [0.5, 0.6) is 0 Å². The first-order valence-electron chi connectivity index (χ1n) is 9.80. The zero-order valence-electron chi connectivity index (χ0n) is 14.8. The van der Waals surface area contributed by atoms with Crippen LogP contribution in [0.25, 0.3) is 0 Å². The minimum atomic E-state index is -0.219. The highest BCUT2D eigenvalue weighted by atomic mass is 16.6. The molecule has 0 radical (unpaired) electrons. The third kappa shape index (κ3) is 2.91. The summed E-state index contributed by atoms with van der Waals surface area (Å²) in [5, 5.41) is 3.35. The molecule has 134 valence electrons. The van der Waals surface area contributed by atoms with Crippen molar-refractivity contribution in [2.75, 3.05) is 19.7 Å². The lowest BCUT2D eigenvalue weighted by Crippen LogP contribution is -2.56. The molecule has 5 rings (SSSR count). The summed E-state index contributed by atoms with van der Waals surface area (Å²) in [6.45, 7) is 3.62. The van der Waals surface area contributed by atoms with Crippen LogP contribution in [0.4, 0.5) is 4.79 Å². The summed E-state index contributed by atoms with van der Waals surface area (Å²) in [5.41, 5.74) is -0.0625. The van der Waals surface area contributed by atoms with E-state index in [1.165, 1.54) is 19.3 Å². The largest absolute Gasteiger partial charge is 0.450 e. The summed E-state index contributed by atoms with van der Waals surface area (Å²) in [6.07, 6.45) is 8.92. The van der Waals surface area contributed by atoms with Crippen LogP contribution in [0.3, 0.4) is 0 Å². The van der Waals surface area contributed by atoms with Crippen molar-refractivity contribution in [3.63, 3.8) is 0 Å².